The van der Waals surface area contributed by atoms with Crippen LogP contribution in [0.4, 0.5) is 0 Å². The fourth-order valence-electron chi connectivity index (χ4n) is 0.329. The summed E-state index contributed by atoms with van der Waals surface area (Å²) in [6.07, 6.45) is 3.44. The lowest BCUT2D eigenvalue weighted by molar-refractivity contribution is -0.127. The van der Waals surface area contributed by atoms with Crippen molar-refractivity contribution in [2.75, 3.05) is 0 Å². The summed E-state index contributed by atoms with van der Waals surface area (Å²) in [6.45, 7) is 0. The Hall–Kier alpha value is -0.340. The highest BCUT2D eigenvalue weighted by molar-refractivity contribution is 5.07. The lowest BCUT2D eigenvalue weighted by Gasteiger charge is -2.21. The van der Waals surface area contributed by atoms with Gasteiger partial charge in [0, 0.05) is 6.42 Å². The van der Waals surface area contributed by atoms with E-state index in [1.807, 2.05) is 0 Å². The Morgan fingerprint density at radius 3 is 1.83 bits per heavy atom. The number of hydrogen-bond donors (Lipinski definition) is 2. The predicted molar refractivity (Wildman–Crippen MR) is 20.9 cm³/mol. The topological polar surface area (TPSA) is 40.5 Å². The van der Waals surface area contributed by atoms with E-state index in [9.17, 15) is 0 Å². The number of hydrogen-bond acceptors (Lipinski definition) is 2. The zero-order chi connectivity index (χ0) is 4.62. The van der Waals surface area contributed by atoms with E-state index in [-0.39, 0.29) is 0 Å². The molecule has 2 heteroatoms. The Kier molecular flexibility index (Phi) is 0.532. The van der Waals surface area contributed by atoms with E-state index in [4.69, 9.17) is 10.2 Å². The second-order valence-electron chi connectivity index (χ2n) is 1.49. The summed E-state index contributed by atoms with van der Waals surface area (Å²) < 4.78 is 0. The molecule has 0 radical (unpaired) electrons. The van der Waals surface area contributed by atoms with Crippen molar-refractivity contribution >= 4 is 0 Å². The zero-order valence-corrected chi connectivity index (χ0v) is 3.26. The van der Waals surface area contributed by atoms with Gasteiger partial charge in [0.1, 0.15) is 0 Å². The Morgan fingerprint density at radius 1 is 1.50 bits per heavy atom. The summed E-state index contributed by atoms with van der Waals surface area (Å²) in [6, 6.07) is 0. The van der Waals surface area contributed by atoms with E-state index in [1.165, 1.54) is 6.08 Å². The summed E-state index contributed by atoms with van der Waals surface area (Å²) in [4.78, 5) is 0. The fourth-order valence-corrected chi connectivity index (χ4v) is 0.329. The third-order valence-corrected chi connectivity index (χ3v) is 0.803. The maximum atomic E-state index is 8.38. The Balaban J connectivity index is 2.57. The second kappa shape index (κ2) is 0.832. The van der Waals surface area contributed by atoms with Crippen molar-refractivity contribution in [3.63, 3.8) is 0 Å². The number of aliphatic hydroxyl groups is 2. The minimum Gasteiger partial charge on any atom is -0.362 e. The molecule has 1 rings (SSSR count). The molecule has 0 saturated carbocycles. The molecule has 0 amide bonds. The molecule has 6 heavy (non-hydrogen) atoms. The standard InChI is InChI=1S/C4H6O2/c5-4(6)2-1-3-4/h1-2,5-6H,3H2. The number of rotatable bonds is 0. The van der Waals surface area contributed by atoms with Crippen LogP contribution in [-0.4, -0.2) is 16.0 Å². The first-order chi connectivity index (χ1) is 2.71. The van der Waals surface area contributed by atoms with Crippen molar-refractivity contribution in [1.82, 2.24) is 0 Å². The average molecular weight is 86.1 g/mol. The molecule has 0 atom stereocenters. The van der Waals surface area contributed by atoms with Gasteiger partial charge in [-0.2, -0.15) is 0 Å². The van der Waals surface area contributed by atoms with E-state index in [0.717, 1.165) is 0 Å². The van der Waals surface area contributed by atoms with Gasteiger partial charge in [-0.15, -0.1) is 0 Å². The van der Waals surface area contributed by atoms with Crippen LogP contribution >= 0.6 is 0 Å². The highest BCUT2D eigenvalue weighted by Gasteiger charge is 2.22. The van der Waals surface area contributed by atoms with Crippen molar-refractivity contribution in [2.24, 2.45) is 0 Å². The summed E-state index contributed by atoms with van der Waals surface area (Å²) in [5, 5.41) is 16.8. The van der Waals surface area contributed by atoms with Gasteiger partial charge in [-0.25, -0.2) is 0 Å². The normalized spacial score (nSPS) is 26.3. The molecule has 0 aliphatic heterocycles. The molecule has 0 aromatic rings. The Morgan fingerprint density at radius 2 is 1.83 bits per heavy atom. The maximum absolute atomic E-state index is 8.38. The molecule has 0 aromatic carbocycles. The Bertz CT molecular complexity index is 83.5. The molecule has 2 N–H and O–H groups in total. The first kappa shape index (κ1) is 3.84. The van der Waals surface area contributed by atoms with Gasteiger partial charge in [-0.1, -0.05) is 6.08 Å². The van der Waals surface area contributed by atoms with Crippen molar-refractivity contribution in [2.45, 2.75) is 12.2 Å². The van der Waals surface area contributed by atoms with Crippen molar-refractivity contribution in [3.05, 3.63) is 12.2 Å². The summed E-state index contributed by atoms with van der Waals surface area (Å²) in [7, 11) is 0. The van der Waals surface area contributed by atoms with Crippen LogP contribution in [0.5, 0.6) is 0 Å². The molecular formula is C4H6O2. The van der Waals surface area contributed by atoms with Crippen LogP contribution in [0.2, 0.25) is 0 Å². The summed E-state index contributed by atoms with van der Waals surface area (Å²) >= 11 is 0. The summed E-state index contributed by atoms with van der Waals surface area (Å²) in [5.41, 5.74) is 0. The monoisotopic (exact) mass is 86.0 g/mol. The third-order valence-electron chi connectivity index (χ3n) is 0.803. The molecule has 1 aliphatic rings. The molecule has 0 unspecified atom stereocenters. The summed E-state index contributed by atoms with van der Waals surface area (Å²) in [5.74, 6) is -1.46. The minimum atomic E-state index is -1.46. The molecule has 2 nitrogen and oxygen atoms in total. The van der Waals surface area contributed by atoms with Crippen LogP contribution in [-0.2, 0) is 0 Å². The predicted octanol–water partition coefficient (Wildman–Crippen LogP) is -0.373. The van der Waals surface area contributed by atoms with Gasteiger partial charge < -0.3 is 10.2 Å². The quantitative estimate of drug-likeness (QED) is 0.312. The minimum absolute atomic E-state index is 0.382. The van der Waals surface area contributed by atoms with Crippen LogP contribution in [0.25, 0.3) is 0 Å². The molecular weight excluding hydrogens is 80.0 g/mol. The molecule has 0 heterocycles. The largest absolute Gasteiger partial charge is 0.362 e. The average Bonchev–Trinajstić information content (AvgIpc) is 1.32. The van der Waals surface area contributed by atoms with Crippen LogP contribution < -0.4 is 0 Å². The maximum Gasteiger partial charge on any atom is 0.186 e. The van der Waals surface area contributed by atoms with Crippen molar-refractivity contribution in [3.8, 4) is 0 Å². The lowest BCUT2D eigenvalue weighted by Crippen LogP contribution is -2.29. The highest BCUT2D eigenvalue weighted by Crippen LogP contribution is 2.17. The van der Waals surface area contributed by atoms with Gasteiger partial charge in [-0.05, 0) is 6.08 Å². The van der Waals surface area contributed by atoms with Crippen LogP contribution in [0.15, 0.2) is 12.2 Å². The van der Waals surface area contributed by atoms with E-state index in [0.29, 0.717) is 6.42 Å². The van der Waals surface area contributed by atoms with Gasteiger partial charge in [0.05, 0.1) is 0 Å². The smallest absolute Gasteiger partial charge is 0.186 e. The van der Waals surface area contributed by atoms with Crippen LogP contribution in [0, 0.1) is 0 Å². The molecule has 0 saturated heterocycles. The van der Waals surface area contributed by atoms with E-state index in [1.54, 1.807) is 6.08 Å². The van der Waals surface area contributed by atoms with Crippen molar-refractivity contribution in [1.29, 1.82) is 0 Å². The van der Waals surface area contributed by atoms with Crippen LogP contribution in [0.1, 0.15) is 6.42 Å². The first-order valence-electron chi connectivity index (χ1n) is 1.83. The highest BCUT2D eigenvalue weighted by atomic mass is 16.5. The van der Waals surface area contributed by atoms with E-state index < -0.39 is 5.79 Å². The first-order valence-corrected chi connectivity index (χ1v) is 1.83. The SMILES string of the molecule is OC1(O)C=CC1. The van der Waals surface area contributed by atoms with Gasteiger partial charge in [0.2, 0.25) is 0 Å². The molecule has 0 bridgehead atoms. The molecule has 0 fully saturated rings. The third kappa shape index (κ3) is 0.441. The molecule has 1 aliphatic carbocycles. The van der Waals surface area contributed by atoms with E-state index >= 15 is 0 Å². The molecule has 0 spiro atoms. The molecule has 34 valence electrons. The van der Waals surface area contributed by atoms with Gasteiger partial charge in [-0.3, -0.25) is 0 Å². The van der Waals surface area contributed by atoms with Crippen LogP contribution in [0.3, 0.4) is 0 Å². The van der Waals surface area contributed by atoms with Gasteiger partial charge >= 0.3 is 0 Å². The molecule has 0 aromatic heterocycles. The zero-order valence-electron chi connectivity index (χ0n) is 3.26. The van der Waals surface area contributed by atoms with Crippen molar-refractivity contribution < 1.29 is 10.2 Å². The van der Waals surface area contributed by atoms with E-state index in [2.05, 4.69) is 0 Å². The Labute approximate surface area is 35.7 Å². The fraction of sp³-hybridized carbons (Fsp3) is 0.500. The second-order valence-corrected chi connectivity index (χ2v) is 1.49. The van der Waals surface area contributed by atoms with Gasteiger partial charge in [0.25, 0.3) is 0 Å². The van der Waals surface area contributed by atoms with Gasteiger partial charge in [0.15, 0.2) is 5.79 Å². The lowest BCUT2D eigenvalue weighted by atomic mass is 10.0.